The molecule has 0 saturated carbocycles. The number of rotatable bonds is 1. The first-order chi connectivity index (χ1) is 8.16. The van der Waals surface area contributed by atoms with Crippen molar-refractivity contribution in [3.63, 3.8) is 0 Å². The number of fused-ring (bicyclic) bond motifs is 1. The predicted octanol–water partition coefficient (Wildman–Crippen LogP) is 0.626. The van der Waals surface area contributed by atoms with Gasteiger partial charge in [0.25, 0.3) is 0 Å². The van der Waals surface area contributed by atoms with Gasteiger partial charge < -0.3 is 10.7 Å². The fourth-order valence-electron chi connectivity index (χ4n) is 2.05. The Kier molecular flexibility index (Phi) is 2.51. The van der Waals surface area contributed by atoms with E-state index in [-0.39, 0.29) is 11.9 Å². The standard InChI is InChI=1S/C10H10IN5O/c11-6-2-13-9-8(6)10(15-4-14-9)16-3-5(12)1-7(16)17/h2,4-5H,1,3,12H2,(H,13,14,15). The second-order valence-electron chi connectivity index (χ2n) is 4.03. The number of hydrogen-bond donors (Lipinski definition) is 2. The zero-order chi connectivity index (χ0) is 12.0. The molecule has 88 valence electrons. The molecule has 7 heteroatoms. The molecular formula is C10H10IN5O. The van der Waals surface area contributed by atoms with Crippen molar-refractivity contribution in [2.75, 3.05) is 11.4 Å². The molecular weight excluding hydrogens is 333 g/mol. The van der Waals surface area contributed by atoms with Crippen molar-refractivity contribution >= 4 is 45.3 Å². The third-order valence-electron chi connectivity index (χ3n) is 2.81. The Hall–Kier alpha value is -1.22. The van der Waals surface area contributed by atoms with E-state index < -0.39 is 0 Å². The van der Waals surface area contributed by atoms with Crippen molar-refractivity contribution in [3.8, 4) is 0 Å². The number of hydrogen-bond acceptors (Lipinski definition) is 4. The van der Waals surface area contributed by atoms with Crippen LogP contribution in [-0.2, 0) is 4.79 Å². The Morgan fingerprint density at radius 3 is 3.06 bits per heavy atom. The van der Waals surface area contributed by atoms with E-state index in [1.165, 1.54) is 6.33 Å². The summed E-state index contributed by atoms with van der Waals surface area (Å²) in [6.07, 6.45) is 3.69. The highest BCUT2D eigenvalue weighted by Crippen LogP contribution is 2.29. The predicted molar refractivity (Wildman–Crippen MR) is 71.6 cm³/mol. The molecule has 1 atom stereocenters. The van der Waals surface area contributed by atoms with Crippen molar-refractivity contribution in [2.45, 2.75) is 12.5 Å². The van der Waals surface area contributed by atoms with E-state index in [4.69, 9.17) is 5.73 Å². The molecule has 6 nitrogen and oxygen atoms in total. The Morgan fingerprint density at radius 2 is 2.35 bits per heavy atom. The number of H-pyrrole nitrogens is 1. The summed E-state index contributed by atoms with van der Waals surface area (Å²) in [4.78, 5) is 24.9. The van der Waals surface area contributed by atoms with Crippen LogP contribution in [0.5, 0.6) is 0 Å². The van der Waals surface area contributed by atoms with E-state index in [0.29, 0.717) is 18.8 Å². The molecule has 3 N–H and O–H groups in total. The van der Waals surface area contributed by atoms with E-state index in [0.717, 1.165) is 14.6 Å². The quantitative estimate of drug-likeness (QED) is 0.744. The van der Waals surface area contributed by atoms with Crippen molar-refractivity contribution in [3.05, 3.63) is 16.1 Å². The molecule has 2 aromatic rings. The van der Waals surface area contributed by atoms with Gasteiger partial charge in [0, 0.05) is 28.8 Å². The monoisotopic (exact) mass is 343 g/mol. The van der Waals surface area contributed by atoms with Gasteiger partial charge in [-0.05, 0) is 22.6 Å². The van der Waals surface area contributed by atoms with Crippen LogP contribution in [0.4, 0.5) is 5.82 Å². The van der Waals surface area contributed by atoms with Crippen LogP contribution in [0.15, 0.2) is 12.5 Å². The third-order valence-corrected chi connectivity index (χ3v) is 3.66. The number of nitrogens with one attached hydrogen (secondary N) is 1. The first-order valence-electron chi connectivity index (χ1n) is 5.20. The highest BCUT2D eigenvalue weighted by molar-refractivity contribution is 14.1. The molecule has 1 amide bonds. The molecule has 0 spiro atoms. The van der Waals surface area contributed by atoms with Crippen molar-refractivity contribution in [2.24, 2.45) is 5.73 Å². The Bertz CT molecular complexity index is 595. The first-order valence-corrected chi connectivity index (χ1v) is 6.28. The lowest BCUT2D eigenvalue weighted by molar-refractivity contribution is -0.117. The summed E-state index contributed by atoms with van der Waals surface area (Å²) in [6, 6.07) is -0.107. The molecule has 3 heterocycles. The Morgan fingerprint density at radius 1 is 1.53 bits per heavy atom. The van der Waals surface area contributed by atoms with Gasteiger partial charge in [-0.1, -0.05) is 0 Å². The smallest absolute Gasteiger partial charge is 0.229 e. The molecule has 2 aromatic heterocycles. The second kappa shape index (κ2) is 3.91. The number of aromatic nitrogens is 3. The van der Waals surface area contributed by atoms with Gasteiger partial charge in [-0.2, -0.15) is 0 Å². The van der Waals surface area contributed by atoms with E-state index in [1.807, 2.05) is 6.20 Å². The fraction of sp³-hybridized carbons (Fsp3) is 0.300. The van der Waals surface area contributed by atoms with Crippen LogP contribution in [0, 0.1) is 3.57 Å². The first kappa shape index (κ1) is 10.9. The summed E-state index contributed by atoms with van der Waals surface area (Å²) in [7, 11) is 0. The van der Waals surface area contributed by atoms with Gasteiger partial charge in [-0.25, -0.2) is 9.97 Å². The molecule has 1 unspecified atom stereocenters. The van der Waals surface area contributed by atoms with Gasteiger partial charge in [-0.3, -0.25) is 9.69 Å². The minimum absolute atomic E-state index is 0.0227. The summed E-state index contributed by atoms with van der Waals surface area (Å²) >= 11 is 2.20. The minimum Gasteiger partial charge on any atom is -0.345 e. The van der Waals surface area contributed by atoms with Crippen LogP contribution >= 0.6 is 22.6 Å². The molecule has 17 heavy (non-hydrogen) atoms. The normalized spacial score (nSPS) is 20.5. The summed E-state index contributed by atoms with van der Waals surface area (Å²) < 4.78 is 1.00. The van der Waals surface area contributed by atoms with Crippen LogP contribution < -0.4 is 10.6 Å². The fourth-order valence-corrected chi connectivity index (χ4v) is 2.71. The lowest BCUT2D eigenvalue weighted by Crippen LogP contribution is -2.29. The summed E-state index contributed by atoms with van der Waals surface area (Å²) in [5.41, 5.74) is 6.54. The number of nitrogens with two attached hydrogens (primary N) is 1. The van der Waals surface area contributed by atoms with E-state index in [2.05, 4.69) is 37.5 Å². The average molecular weight is 343 g/mol. The lowest BCUT2D eigenvalue weighted by atomic mass is 10.3. The van der Waals surface area contributed by atoms with Crippen molar-refractivity contribution < 1.29 is 4.79 Å². The number of carbonyl (C=O) groups excluding carboxylic acids is 1. The molecule has 1 fully saturated rings. The lowest BCUT2D eigenvalue weighted by Gasteiger charge is -2.15. The highest BCUT2D eigenvalue weighted by atomic mass is 127. The molecule has 1 saturated heterocycles. The number of anilines is 1. The van der Waals surface area contributed by atoms with Gasteiger partial charge in [0.2, 0.25) is 5.91 Å². The molecule has 0 aromatic carbocycles. The Balaban J connectivity index is 2.17. The average Bonchev–Trinajstić information content (AvgIpc) is 2.83. The zero-order valence-corrected chi connectivity index (χ0v) is 11.0. The highest BCUT2D eigenvalue weighted by Gasteiger charge is 2.30. The second-order valence-corrected chi connectivity index (χ2v) is 5.19. The molecule has 0 bridgehead atoms. The maximum atomic E-state index is 11.8. The van der Waals surface area contributed by atoms with E-state index in [1.54, 1.807) is 4.90 Å². The van der Waals surface area contributed by atoms with Crippen LogP contribution in [0.2, 0.25) is 0 Å². The van der Waals surface area contributed by atoms with Crippen molar-refractivity contribution in [1.29, 1.82) is 0 Å². The number of halogens is 1. The topological polar surface area (TPSA) is 87.9 Å². The van der Waals surface area contributed by atoms with E-state index >= 15 is 0 Å². The number of aromatic amines is 1. The summed E-state index contributed by atoms with van der Waals surface area (Å²) in [5, 5.41) is 0.885. The number of carbonyl (C=O) groups is 1. The summed E-state index contributed by atoms with van der Waals surface area (Å²) in [6.45, 7) is 0.520. The molecule has 1 aliphatic rings. The van der Waals surface area contributed by atoms with Gasteiger partial charge in [0.15, 0.2) is 0 Å². The van der Waals surface area contributed by atoms with Gasteiger partial charge in [0.1, 0.15) is 17.8 Å². The largest absolute Gasteiger partial charge is 0.345 e. The van der Waals surface area contributed by atoms with Crippen LogP contribution in [-0.4, -0.2) is 33.4 Å². The molecule has 0 radical (unpaired) electrons. The van der Waals surface area contributed by atoms with Crippen LogP contribution in [0.1, 0.15) is 6.42 Å². The van der Waals surface area contributed by atoms with Gasteiger partial charge in [0.05, 0.1) is 5.39 Å². The Labute approximate surface area is 111 Å². The zero-order valence-electron chi connectivity index (χ0n) is 8.85. The van der Waals surface area contributed by atoms with Crippen molar-refractivity contribution in [1.82, 2.24) is 15.0 Å². The number of nitrogens with zero attached hydrogens (tertiary/aromatic N) is 3. The van der Waals surface area contributed by atoms with Crippen LogP contribution in [0.3, 0.4) is 0 Å². The molecule has 1 aliphatic heterocycles. The van der Waals surface area contributed by atoms with E-state index in [9.17, 15) is 4.79 Å². The summed E-state index contributed by atoms with van der Waals surface area (Å²) in [5.74, 6) is 0.674. The third kappa shape index (κ3) is 1.69. The van der Waals surface area contributed by atoms with Crippen LogP contribution in [0.25, 0.3) is 11.0 Å². The SMILES string of the molecule is NC1CC(=O)N(c2ncnc3[nH]cc(I)c23)C1. The number of amides is 1. The molecule has 3 rings (SSSR count). The molecule has 0 aliphatic carbocycles. The minimum atomic E-state index is -0.107. The van der Waals surface area contributed by atoms with Gasteiger partial charge in [-0.15, -0.1) is 0 Å². The maximum absolute atomic E-state index is 11.8. The van der Waals surface area contributed by atoms with Gasteiger partial charge >= 0.3 is 0 Å². The maximum Gasteiger partial charge on any atom is 0.229 e.